The minimum Gasteiger partial charge on any atom is -0.387 e. The molecule has 2 aliphatic heterocycles. The first-order valence-electron chi connectivity index (χ1n) is 6.49. The van der Waals surface area contributed by atoms with Gasteiger partial charge in [0.1, 0.15) is 5.71 Å². The second kappa shape index (κ2) is 5.40. The van der Waals surface area contributed by atoms with Gasteiger partial charge in [-0.1, -0.05) is 35.5 Å². The first-order valence-corrected chi connectivity index (χ1v) is 6.49. The Labute approximate surface area is 111 Å². The maximum Gasteiger partial charge on any atom is 0.271 e. The lowest BCUT2D eigenvalue weighted by Crippen LogP contribution is -2.43. The molecule has 0 N–H and O–H groups in total. The summed E-state index contributed by atoms with van der Waals surface area (Å²) in [5.74, 6) is -0.0262. The number of carbonyl (C=O) groups excluding carboxylic acids is 1. The third kappa shape index (κ3) is 2.61. The fourth-order valence-corrected chi connectivity index (χ4v) is 2.30. The van der Waals surface area contributed by atoms with Gasteiger partial charge >= 0.3 is 0 Å². The van der Waals surface area contributed by atoms with Crippen LogP contribution in [0.3, 0.4) is 0 Å². The Bertz CT molecular complexity index is 481. The van der Waals surface area contributed by atoms with Crippen molar-refractivity contribution in [2.45, 2.75) is 12.5 Å². The highest BCUT2D eigenvalue weighted by atomic mass is 16.6. The zero-order valence-electron chi connectivity index (χ0n) is 10.6. The first kappa shape index (κ1) is 12.2. The van der Waals surface area contributed by atoms with Gasteiger partial charge in [0.05, 0.1) is 13.2 Å². The molecule has 19 heavy (non-hydrogen) atoms. The third-order valence-corrected chi connectivity index (χ3v) is 3.39. The predicted molar refractivity (Wildman–Crippen MR) is 69.7 cm³/mol. The van der Waals surface area contributed by atoms with Crippen molar-refractivity contribution in [2.75, 3.05) is 26.3 Å². The Morgan fingerprint density at radius 3 is 2.68 bits per heavy atom. The summed E-state index contributed by atoms with van der Waals surface area (Å²) >= 11 is 0. The van der Waals surface area contributed by atoms with Crippen LogP contribution in [0.25, 0.3) is 0 Å². The Hall–Kier alpha value is -1.88. The standard InChI is InChI=1S/C14H16N2O3/c17-14(16-6-8-18-9-7-16)12-10-13(19-15-12)11-4-2-1-3-5-11/h1-5,13H,6-10H2/t13-/m0/s1. The number of nitrogens with zero attached hydrogens (tertiary/aromatic N) is 2. The highest BCUT2D eigenvalue weighted by molar-refractivity contribution is 6.39. The SMILES string of the molecule is O=C(C1=NO[C@H](c2ccccc2)C1)N1CCOCC1. The van der Waals surface area contributed by atoms with Gasteiger partial charge < -0.3 is 14.5 Å². The molecule has 0 radical (unpaired) electrons. The molecule has 1 aromatic carbocycles. The molecule has 0 saturated carbocycles. The normalized spacial score (nSPS) is 22.8. The third-order valence-electron chi connectivity index (χ3n) is 3.39. The van der Waals surface area contributed by atoms with Gasteiger partial charge in [-0.25, -0.2) is 0 Å². The fourth-order valence-electron chi connectivity index (χ4n) is 2.30. The molecule has 1 amide bonds. The number of hydrogen-bond donors (Lipinski definition) is 0. The molecular formula is C14H16N2O3. The molecule has 100 valence electrons. The summed E-state index contributed by atoms with van der Waals surface area (Å²) in [6, 6.07) is 9.85. The molecule has 1 atom stereocenters. The van der Waals surface area contributed by atoms with Crippen molar-refractivity contribution in [1.82, 2.24) is 4.90 Å². The number of morpholine rings is 1. The summed E-state index contributed by atoms with van der Waals surface area (Å²) < 4.78 is 5.24. The highest BCUT2D eigenvalue weighted by Crippen LogP contribution is 2.27. The minimum atomic E-state index is -0.138. The van der Waals surface area contributed by atoms with Crippen LogP contribution in [0.4, 0.5) is 0 Å². The van der Waals surface area contributed by atoms with Gasteiger partial charge in [0, 0.05) is 19.5 Å². The van der Waals surface area contributed by atoms with Crippen LogP contribution in [0.1, 0.15) is 18.1 Å². The fraction of sp³-hybridized carbons (Fsp3) is 0.429. The van der Waals surface area contributed by atoms with E-state index in [1.54, 1.807) is 4.90 Å². The van der Waals surface area contributed by atoms with E-state index >= 15 is 0 Å². The maximum atomic E-state index is 12.2. The van der Waals surface area contributed by atoms with E-state index in [-0.39, 0.29) is 12.0 Å². The summed E-state index contributed by atoms with van der Waals surface area (Å²) in [7, 11) is 0. The van der Waals surface area contributed by atoms with Crippen LogP contribution in [-0.4, -0.2) is 42.8 Å². The van der Waals surface area contributed by atoms with Gasteiger partial charge in [0.2, 0.25) is 0 Å². The van der Waals surface area contributed by atoms with Crippen molar-refractivity contribution >= 4 is 11.6 Å². The number of ether oxygens (including phenoxy) is 1. The predicted octanol–water partition coefficient (Wildman–Crippen LogP) is 1.36. The Balaban J connectivity index is 1.63. The lowest BCUT2D eigenvalue weighted by Gasteiger charge is -2.26. The molecule has 0 unspecified atom stereocenters. The molecule has 1 saturated heterocycles. The zero-order valence-corrected chi connectivity index (χ0v) is 10.6. The van der Waals surface area contributed by atoms with Gasteiger partial charge in [0.25, 0.3) is 5.91 Å². The average Bonchev–Trinajstić information content (AvgIpc) is 2.98. The summed E-state index contributed by atoms with van der Waals surface area (Å²) in [4.78, 5) is 19.4. The maximum absolute atomic E-state index is 12.2. The molecule has 0 bridgehead atoms. The molecule has 2 heterocycles. The van der Waals surface area contributed by atoms with Gasteiger partial charge in [-0.3, -0.25) is 4.79 Å². The number of benzene rings is 1. The Kier molecular flexibility index (Phi) is 3.46. The van der Waals surface area contributed by atoms with E-state index in [4.69, 9.17) is 9.57 Å². The van der Waals surface area contributed by atoms with E-state index in [0.717, 1.165) is 5.56 Å². The Morgan fingerprint density at radius 1 is 1.21 bits per heavy atom. The van der Waals surface area contributed by atoms with Crippen LogP contribution >= 0.6 is 0 Å². The van der Waals surface area contributed by atoms with Crippen molar-refractivity contribution in [3.63, 3.8) is 0 Å². The molecule has 5 heteroatoms. The molecule has 2 aliphatic rings. The van der Waals surface area contributed by atoms with Crippen LogP contribution in [0.5, 0.6) is 0 Å². The number of hydrogen-bond acceptors (Lipinski definition) is 4. The van der Waals surface area contributed by atoms with Crippen LogP contribution < -0.4 is 0 Å². The van der Waals surface area contributed by atoms with Gasteiger partial charge in [0.15, 0.2) is 6.10 Å². The largest absolute Gasteiger partial charge is 0.387 e. The number of rotatable bonds is 2. The molecular weight excluding hydrogens is 244 g/mol. The number of amides is 1. The van der Waals surface area contributed by atoms with Crippen molar-refractivity contribution in [1.29, 1.82) is 0 Å². The second-order valence-electron chi connectivity index (χ2n) is 4.65. The molecule has 0 spiro atoms. The minimum absolute atomic E-state index is 0.0262. The topological polar surface area (TPSA) is 51.1 Å². The molecule has 1 aromatic rings. The zero-order chi connectivity index (χ0) is 13.1. The van der Waals surface area contributed by atoms with Crippen LogP contribution in [0.15, 0.2) is 35.5 Å². The van der Waals surface area contributed by atoms with E-state index in [0.29, 0.717) is 38.4 Å². The molecule has 0 aliphatic carbocycles. The molecule has 3 rings (SSSR count). The smallest absolute Gasteiger partial charge is 0.271 e. The van der Waals surface area contributed by atoms with Crippen LogP contribution in [0, 0.1) is 0 Å². The van der Waals surface area contributed by atoms with Crippen molar-refractivity contribution in [3.05, 3.63) is 35.9 Å². The number of carbonyl (C=O) groups is 1. The van der Waals surface area contributed by atoms with Gasteiger partial charge in [-0.15, -0.1) is 0 Å². The van der Waals surface area contributed by atoms with Gasteiger partial charge in [-0.05, 0) is 5.56 Å². The first-order chi connectivity index (χ1) is 9.34. The molecule has 1 fully saturated rings. The van der Waals surface area contributed by atoms with Crippen molar-refractivity contribution in [3.8, 4) is 0 Å². The summed E-state index contributed by atoms with van der Waals surface area (Å²) in [6.07, 6.45) is 0.404. The summed E-state index contributed by atoms with van der Waals surface area (Å²) in [5, 5.41) is 3.95. The second-order valence-corrected chi connectivity index (χ2v) is 4.65. The number of oxime groups is 1. The monoisotopic (exact) mass is 260 g/mol. The molecule has 5 nitrogen and oxygen atoms in total. The van der Waals surface area contributed by atoms with Crippen LogP contribution in [-0.2, 0) is 14.4 Å². The van der Waals surface area contributed by atoms with E-state index in [9.17, 15) is 4.79 Å². The van der Waals surface area contributed by atoms with E-state index in [1.807, 2.05) is 30.3 Å². The van der Waals surface area contributed by atoms with Gasteiger partial charge in [-0.2, -0.15) is 0 Å². The average molecular weight is 260 g/mol. The van der Waals surface area contributed by atoms with Crippen molar-refractivity contribution < 1.29 is 14.4 Å². The Morgan fingerprint density at radius 2 is 1.95 bits per heavy atom. The van der Waals surface area contributed by atoms with E-state index in [1.165, 1.54) is 0 Å². The van der Waals surface area contributed by atoms with Crippen LogP contribution in [0.2, 0.25) is 0 Å². The summed E-state index contributed by atoms with van der Waals surface area (Å²) in [6.45, 7) is 2.46. The quantitative estimate of drug-likeness (QED) is 0.807. The lowest BCUT2D eigenvalue weighted by atomic mass is 10.0. The summed E-state index contributed by atoms with van der Waals surface area (Å²) in [5.41, 5.74) is 1.56. The van der Waals surface area contributed by atoms with Crippen molar-refractivity contribution in [2.24, 2.45) is 5.16 Å². The van der Waals surface area contributed by atoms with E-state index < -0.39 is 0 Å². The lowest BCUT2D eigenvalue weighted by molar-refractivity contribution is -0.128. The highest BCUT2D eigenvalue weighted by Gasteiger charge is 2.30. The molecule has 0 aromatic heterocycles. The van der Waals surface area contributed by atoms with E-state index in [2.05, 4.69) is 5.16 Å².